The summed E-state index contributed by atoms with van der Waals surface area (Å²) in [5.41, 5.74) is -0.228. The minimum absolute atomic E-state index is 0.0214. The largest absolute Gasteiger partial charge is 0.452 e. The maximum atomic E-state index is 13.1. The van der Waals surface area contributed by atoms with Crippen LogP contribution >= 0.6 is 11.3 Å². The van der Waals surface area contributed by atoms with Gasteiger partial charge < -0.3 is 10.1 Å². The lowest BCUT2D eigenvalue weighted by atomic mass is 10.1. The van der Waals surface area contributed by atoms with E-state index in [0.29, 0.717) is 16.7 Å². The van der Waals surface area contributed by atoms with Gasteiger partial charge in [0.15, 0.2) is 12.3 Å². The van der Waals surface area contributed by atoms with Crippen molar-refractivity contribution >= 4 is 39.9 Å². The highest BCUT2D eigenvalue weighted by Gasteiger charge is 2.33. The molecule has 4 rings (SSSR count). The van der Waals surface area contributed by atoms with Crippen molar-refractivity contribution in [1.82, 2.24) is 14.8 Å². The highest BCUT2D eigenvalue weighted by atomic mass is 32.1. The fraction of sp³-hybridized carbons (Fsp3) is 0.217. The number of thiophene rings is 1. The van der Waals surface area contributed by atoms with Crippen molar-refractivity contribution in [3.8, 4) is 10.6 Å². The molecule has 1 amide bonds. The van der Waals surface area contributed by atoms with Gasteiger partial charge in [-0.15, -0.1) is 11.3 Å². The van der Waals surface area contributed by atoms with Crippen LogP contribution in [0.15, 0.2) is 54.0 Å². The van der Waals surface area contributed by atoms with Gasteiger partial charge in [-0.3, -0.25) is 4.79 Å². The van der Waals surface area contributed by atoms with Crippen molar-refractivity contribution in [2.45, 2.75) is 26.1 Å². The van der Waals surface area contributed by atoms with E-state index in [1.165, 1.54) is 29.7 Å². The third kappa shape index (κ3) is 4.79. The van der Waals surface area contributed by atoms with Crippen LogP contribution in [-0.2, 0) is 15.7 Å². The van der Waals surface area contributed by atoms with E-state index in [-0.39, 0.29) is 11.6 Å². The van der Waals surface area contributed by atoms with Crippen molar-refractivity contribution < 1.29 is 27.5 Å². The number of aromatic nitrogens is 3. The molecule has 0 atom stereocenters. The maximum Gasteiger partial charge on any atom is 0.418 e. The summed E-state index contributed by atoms with van der Waals surface area (Å²) in [5, 5.41) is 8.78. The molecule has 0 saturated heterocycles. The number of halogens is 3. The molecule has 3 heterocycles. The third-order valence-electron chi connectivity index (χ3n) is 4.89. The number of carbonyl (C=O) groups is 2. The summed E-state index contributed by atoms with van der Waals surface area (Å²) in [7, 11) is 0. The number of para-hydroxylation sites is 1. The fourth-order valence-electron chi connectivity index (χ4n) is 3.35. The normalized spacial score (nSPS) is 11.7. The van der Waals surface area contributed by atoms with Gasteiger partial charge in [0.05, 0.1) is 39.0 Å². The fourth-order valence-corrected chi connectivity index (χ4v) is 4.04. The molecule has 7 nitrogen and oxygen atoms in total. The van der Waals surface area contributed by atoms with Gasteiger partial charge in [0.25, 0.3) is 5.91 Å². The molecule has 0 aliphatic carbocycles. The predicted molar refractivity (Wildman–Crippen MR) is 122 cm³/mol. The van der Waals surface area contributed by atoms with Crippen LogP contribution < -0.4 is 5.32 Å². The van der Waals surface area contributed by atoms with E-state index in [9.17, 15) is 22.8 Å². The number of pyridine rings is 1. The van der Waals surface area contributed by atoms with E-state index in [1.807, 2.05) is 31.4 Å². The van der Waals surface area contributed by atoms with E-state index in [0.717, 1.165) is 17.0 Å². The van der Waals surface area contributed by atoms with Crippen LogP contribution in [0.3, 0.4) is 0 Å². The number of amides is 1. The molecule has 0 saturated carbocycles. The lowest BCUT2D eigenvalue weighted by Gasteiger charge is -2.13. The number of anilines is 1. The Balaban J connectivity index is 1.57. The van der Waals surface area contributed by atoms with Gasteiger partial charge in [-0.2, -0.15) is 18.3 Å². The quantitative estimate of drug-likeness (QED) is 0.360. The van der Waals surface area contributed by atoms with Crippen LogP contribution in [0.25, 0.3) is 21.6 Å². The Hall–Kier alpha value is -3.73. The number of hydrogen-bond acceptors (Lipinski definition) is 6. The van der Waals surface area contributed by atoms with Crippen LogP contribution in [0.1, 0.15) is 35.8 Å². The number of carbonyl (C=O) groups excluding carboxylic acids is 2. The molecule has 176 valence electrons. The first-order chi connectivity index (χ1) is 16.1. The maximum absolute atomic E-state index is 13.1. The lowest BCUT2D eigenvalue weighted by Crippen LogP contribution is -2.23. The Morgan fingerprint density at radius 3 is 2.62 bits per heavy atom. The van der Waals surface area contributed by atoms with Crippen LogP contribution in [0.5, 0.6) is 0 Å². The SMILES string of the molecule is CC(C)n1ncc2c(C(=O)OCC(=O)Nc3ccccc3C(F)(F)F)cc(-c3cccs3)nc21. The molecule has 0 aliphatic rings. The molecule has 0 bridgehead atoms. The molecule has 1 N–H and O–H groups in total. The lowest BCUT2D eigenvalue weighted by molar-refractivity contribution is -0.137. The van der Waals surface area contributed by atoms with E-state index >= 15 is 0 Å². The summed E-state index contributed by atoms with van der Waals surface area (Å²) in [5.74, 6) is -1.71. The monoisotopic (exact) mass is 488 g/mol. The summed E-state index contributed by atoms with van der Waals surface area (Å²) >= 11 is 1.44. The molecule has 11 heteroatoms. The van der Waals surface area contributed by atoms with Gasteiger partial charge in [0.1, 0.15) is 0 Å². The Kier molecular flexibility index (Phi) is 6.38. The second kappa shape index (κ2) is 9.26. The average molecular weight is 488 g/mol. The molecular weight excluding hydrogens is 469 g/mol. The predicted octanol–water partition coefficient (Wildman–Crippen LogP) is 5.56. The standard InChI is InChI=1S/C23H19F3N4O3S/c1-13(2)30-21-15(11-27-30)14(10-18(29-21)19-8-5-9-34-19)22(32)33-12-20(31)28-17-7-4-3-6-16(17)23(24,25)26/h3-11,13H,12H2,1-2H3,(H,28,31). The van der Waals surface area contributed by atoms with Crippen molar-refractivity contribution in [1.29, 1.82) is 0 Å². The summed E-state index contributed by atoms with van der Waals surface area (Å²) in [4.78, 5) is 30.6. The molecule has 0 fully saturated rings. The number of rotatable bonds is 6. The molecule has 0 unspecified atom stereocenters. The molecule has 1 aromatic carbocycles. The van der Waals surface area contributed by atoms with Crippen molar-refractivity contribution in [3.63, 3.8) is 0 Å². The van der Waals surface area contributed by atoms with Gasteiger partial charge in [-0.25, -0.2) is 14.5 Å². The number of nitrogens with one attached hydrogen (secondary N) is 1. The highest BCUT2D eigenvalue weighted by Crippen LogP contribution is 2.34. The Bertz CT molecular complexity index is 1350. The molecule has 3 aromatic heterocycles. The molecule has 0 radical (unpaired) electrons. The van der Waals surface area contributed by atoms with Gasteiger partial charge in [-0.1, -0.05) is 18.2 Å². The van der Waals surface area contributed by atoms with E-state index in [2.05, 4.69) is 15.4 Å². The summed E-state index contributed by atoms with van der Waals surface area (Å²) < 4.78 is 46.3. The molecule has 0 spiro atoms. The van der Waals surface area contributed by atoms with Crippen LogP contribution in [0.2, 0.25) is 0 Å². The van der Waals surface area contributed by atoms with Gasteiger partial charge >= 0.3 is 12.1 Å². The first kappa shape index (κ1) is 23.4. The number of alkyl halides is 3. The number of nitrogens with zero attached hydrogens (tertiary/aromatic N) is 3. The molecule has 4 aromatic rings. The second-order valence-electron chi connectivity index (χ2n) is 7.62. The number of benzene rings is 1. The first-order valence-corrected chi connectivity index (χ1v) is 11.1. The zero-order chi connectivity index (χ0) is 24.5. The van der Waals surface area contributed by atoms with Gasteiger partial charge in [0.2, 0.25) is 0 Å². The highest BCUT2D eigenvalue weighted by molar-refractivity contribution is 7.13. The second-order valence-corrected chi connectivity index (χ2v) is 8.57. The number of ether oxygens (including phenoxy) is 1. The zero-order valence-corrected chi connectivity index (χ0v) is 18.9. The summed E-state index contributed by atoms with van der Waals surface area (Å²) in [6, 6.07) is 9.81. The minimum Gasteiger partial charge on any atom is -0.452 e. The topological polar surface area (TPSA) is 86.1 Å². The third-order valence-corrected chi connectivity index (χ3v) is 5.78. The molecule has 34 heavy (non-hydrogen) atoms. The van der Waals surface area contributed by atoms with Crippen LogP contribution in [-0.4, -0.2) is 33.2 Å². The molecule has 0 aliphatic heterocycles. The van der Waals surface area contributed by atoms with Crippen molar-refractivity contribution in [3.05, 3.63) is 65.2 Å². The number of hydrogen-bond donors (Lipinski definition) is 1. The summed E-state index contributed by atoms with van der Waals surface area (Å²) in [6.45, 7) is 3.08. The first-order valence-electron chi connectivity index (χ1n) is 10.2. The van der Waals surface area contributed by atoms with Crippen molar-refractivity contribution in [2.24, 2.45) is 0 Å². The Morgan fingerprint density at radius 1 is 1.18 bits per heavy atom. The Morgan fingerprint density at radius 2 is 1.94 bits per heavy atom. The Labute approximate surface area is 196 Å². The van der Waals surface area contributed by atoms with Crippen molar-refractivity contribution in [2.75, 3.05) is 11.9 Å². The van der Waals surface area contributed by atoms with E-state index in [1.54, 1.807) is 10.7 Å². The summed E-state index contributed by atoms with van der Waals surface area (Å²) in [6.07, 6.45) is -3.14. The number of fused-ring (bicyclic) bond motifs is 1. The minimum atomic E-state index is -4.64. The molecular formula is C23H19F3N4O3S. The van der Waals surface area contributed by atoms with Gasteiger partial charge in [-0.05, 0) is 43.5 Å². The van der Waals surface area contributed by atoms with Crippen LogP contribution in [0, 0.1) is 0 Å². The average Bonchev–Trinajstić information content (AvgIpc) is 3.46. The smallest absolute Gasteiger partial charge is 0.418 e. The zero-order valence-electron chi connectivity index (χ0n) is 18.1. The van der Waals surface area contributed by atoms with Gasteiger partial charge in [0, 0.05) is 6.04 Å². The van der Waals surface area contributed by atoms with E-state index < -0.39 is 35.9 Å². The van der Waals surface area contributed by atoms with Crippen LogP contribution in [0.4, 0.5) is 18.9 Å². The van der Waals surface area contributed by atoms with E-state index in [4.69, 9.17) is 4.74 Å². The number of esters is 1.